The van der Waals surface area contributed by atoms with Crippen molar-refractivity contribution in [1.82, 2.24) is 0 Å². The molecule has 4 fully saturated rings. The largest absolute Gasteiger partial charge is 0.452 e. The van der Waals surface area contributed by atoms with Crippen LogP contribution >= 0.6 is 11.6 Å². The predicted molar refractivity (Wildman–Crippen MR) is 86.2 cm³/mol. The first-order valence-electron chi connectivity index (χ1n) is 8.77. The number of esters is 1. The minimum Gasteiger partial charge on any atom is -0.452 e. The molecule has 4 aliphatic rings. The SMILES string of the molecule is O=C(OC12[C@@H]3CC[C@@H](C3)C1(O)[C@H]1CC[C@@H]2C1)c1cccc(Cl)c1. The first-order valence-corrected chi connectivity index (χ1v) is 9.14. The van der Waals surface area contributed by atoms with Crippen LogP contribution in [0.1, 0.15) is 48.9 Å². The summed E-state index contributed by atoms with van der Waals surface area (Å²) >= 11 is 6.01. The van der Waals surface area contributed by atoms with Crippen molar-refractivity contribution in [3.8, 4) is 0 Å². The molecule has 0 aliphatic heterocycles. The van der Waals surface area contributed by atoms with Crippen LogP contribution in [0.25, 0.3) is 0 Å². The topological polar surface area (TPSA) is 46.5 Å². The van der Waals surface area contributed by atoms with Crippen LogP contribution in [-0.4, -0.2) is 22.3 Å². The lowest BCUT2D eigenvalue weighted by Gasteiger charge is -2.51. The Morgan fingerprint density at radius 2 is 1.70 bits per heavy atom. The fourth-order valence-electron chi connectivity index (χ4n) is 6.58. The van der Waals surface area contributed by atoms with Gasteiger partial charge in [-0.2, -0.15) is 0 Å². The Morgan fingerprint density at radius 3 is 2.30 bits per heavy atom. The molecule has 0 radical (unpaired) electrons. The molecule has 0 heterocycles. The number of fused-ring (bicyclic) bond motifs is 9. The number of hydrogen-bond donors (Lipinski definition) is 1. The summed E-state index contributed by atoms with van der Waals surface area (Å²) < 4.78 is 6.19. The van der Waals surface area contributed by atoms with Gasteiger partial charge in [-0.3, -0.25) is 0 Å². The van der Waals surface area contributed by atoms with Gasteiger partial charge in [0.05, 0.1) is 5.56 Å². The zero-order valence-electron chi connectivity index (χ0n) is 13.0. The van der Waals surface area contributed by atoms with Crippen LogP contribution in [-0.2, 0) is 4.74 Å². The number of ether oxygens (including phenoxy) is 1. The van der Waals surface area contributed by atoms with Crippen LogP contribution in [0.2, 0.25) is 5.02 Å². The van der Waals surface area contributed by atoms with Crippen LogP contribution in [0.5, 0.6) is 0 Å². The van der Waals surface area contributed by atoms with Crippen LogP contribution in [0.4, 0.5) is 0 Å². The summed E-state index contributed by atoms with van der Waals surface area (Å²) in [6, 6.07) is 6.91. The van der Waals surface area contributed by atoms with E-state index in [1.807, 2.05) is 0 Å². The molecule has 0 amide bonds. The molecule has 4 aliphatic carbocycles. The molecule has 5 rings (SSSR count). The van der Waals surface area contributed by atoms with Crippen LogP contribution in [0.15, 0.2) is 24.3 Å². The van der Waals surface area contributed by atoms with Crippen molar-refractivity contribution >= 4 is 17.6 Å². The minimum atomic E-state index is -0.785. The molecular formula is C19H21ClO3. The van der Waals surface area contributed by atoms with Gasteiger partial charge in [0, 0.05) is 16.9 Å². The Morgan fingerprint density at radius 1 is 1.09 bits per heavy atom. The Hall–Kier alpha value is -1.06. The van der Waals surface area contributed by atoms with Crippen molar-refractivity contribution in [2.24, 2.45) is 23.7 Å². The van der Waals surface area contributed by atoms with Crippen molar-refractivity contribution in [2.45, 2.75) is 49.7 Å². The van der Waals surface area contributed by atoms with E-state index in [1.54, 1.807) is 24.3 Å². The van der Waals surface area contributed by atoms with E-state index in [9.17, 15) is 9.90 Å². The average molecular weight is 333 g/mol. The lowest BCUT2D eigenvalue weighted by Crippen LogP contribution is -2.63. The molecule has 3 nitrogen and oxygen atoms in total. The Bertz CT molecular complexity index is 663. The molecule has 1 N–H and O–H groups in total. The maximum absolute atomic E-state index is 12.8. The monoisotopic (exact) mass is 332 g/mol. The number of benzene rings is 1. The van der Waals surface area contributed by atoms with Crippen LogP contribution in [0, 0.1) is 23.7 Å². The molecule has 0 spiro atoms. The predicted octanol–water partition coefficient (Wildman–Crippen LogP) is 3.83. The van der Waals surface area contributed by atoms with Crippen molar-refractivity contribution in [2.75, 3.05) is 0 Å². The van der Waals surface area contributed by atoms with Crippen LogP contribution < -0.4 is 0 Å². The highest BCUT2D eigenvalue weighted by Gasteiger charge is 2.79. The van der Waals surface area contributed by atoms with Crippen molar-refractivity contribution in [3.63, 3.8) is 0 Å². The van der Waals surface area contributed by atoms with E-state index in [0.717, 1.165) is 38.5 Å². The van der Waals surface area contributed by atoms with E-state index in [1.165, 1.54) is 0 Å². The van der Waals surface area contributed by atoms with Gasteiger partial charge in [-0.05, 0) is 68.6 Å². The lowest BCUT2D eigenvalue weighted by atomic mass is 9.64. The number of carbonyl (C=O) groups excluding carboxylic acids is 1. The van der Waals surface area contributed by atoms with Crippen molar-refractivity contribution < 1.29 is 14.6 Å². The zero-order valence-corrected chi connectivity index (χ0v) is 13.8. The summed E-state index contributed by atoms with van der Waals surface area (Å²) in [5.74, 6) is 0.961. The first kappa shape index (κ1) is 14.3. The number of halogens is 1. The summed E-state index contributed by atoms with van der Waals surface area (Å²) in [4.78, 5) is 12.8. The molecule has 1 aromatic carbocycles. The van der Waals surface area contributed by atoms with Gasteiger partial charge in [0.1, 0.15) is 11.2 Å². The summed E-state index contributed by atoms with van der Waals surface area (Å²) in [5.41, 5.74) is -0.939. The van der Waals surface area contributed by atoms with E-state index in [0.29, 0.717) is 34.3 Å². The highest BCUT2D eigenvalue weighted by molar-refractivity contribution is 6.30. The van der Waals surface area contributed by atoms with Gasteiger partial charge in [-0.1, -0.05) is 17.7 Å². The summed E-state index contributed by atoms with van der Waals surface area (Å²) in [7, 11) is 0. The van der Waals surface area contributed by atoms with Gasteiger partial charge in [0.25, 0.3) is 0 Å². The Balaban J connectivity index is 1.54. The second kappa shape index (κ2) is 4.52. The number of hydrogen-bond acceptors (Lipinski definition) is 3. The van der Waals surface area contributed by atoms with E-state index in [-0.39, 0.29) is 5.97 Å². The van der Waals surface area contributed by atoms with E-state index in [4.69, 9.17) is 16.3 Å². The summed E-state index contributed by atoms with van der Waals surface area (Å²) in [6.07, 6.45) is 6.37. The standard InChI is InChI=1S/C19H21ClO3/c20-16-3-1-2-11(8-16)17(21)23-19-14-6-4-12(9-14)18(19,22)13-5-7-15(19)10-13/h1-3,8,12-15,22H,4-7,9-10H2/t12-,13-,14+,15+,18?,19?/m0/s1. The van der Waals surface area contributed by atoms with Crippen LogP contribution in [0.3, 0.4) is 0 Å². The lowest BCUT2D eigenvalue weighted by molar-refractivity contribution is -0.209. The highest BCUT2D eigenvalue weighted by atomic mass is 35.5. The maximum Gasteiger partial charge on any atom is 0.338 e. The van der Waals surface area contributed by atoms with E-state index >= 15 is 0 Å². The Kier molecular flexibility index (Phi) is 2.81. The molecular weight excluding hydrogens is 312 g/mol. The number of rotatable bonds is 2. The van der Waals surface area contributed by atoms with Gasteiger partial charge in [-0.25, -0.2) is 4.79 Å². The third-order valence-corrected chi connectivity index (χ3v) is 7.51. The van der Waals surface area contributed by atoms with Gasteiger partial charge < -0.3 is 9.84 Å². The van der Waals surface area contributed by atoms with Gasteiger partial charge >= 0.3 is 5.97 Å². The number of carbonyl (C=O) groups is 1. The quantitative estimate of drug-likeness (QED) is 0.661. The summed E-state index contributed by atoms with van der Waals surface area (Å²) in [5, 5.41) is 12.1. The minimum absolute atomic E-state index is 0.315. The smallest absolute Gasteiger partial charge is 0.338 e. The molecule has 0 aromatic heterocycles. The van der Waals surface area contributed by atoms with Crippen molar-refractivity contribution in [3.05, 3.63) is 34.9 Å². The fraction of sp³-hybridized carbons (Fsp3) is 0.632. The Labute approximate surface area is 141 Å². The summed E-state index contributed by atoms with van der Waals surface area (Å²) in [6.45, 7) is 0. The molecule has 4 heteroatoms. The zero-order chi connectivity index (χ0) is 15.8. The highest BCUT2D eigenvalue weighted by Crippen LogP contribution is 2.72. The average Bonchev–Trinajstić information content (AvgIpc) is 3.27. The third kappa shape index (κ3) is 1.58. The van der Waals surface area contributed by atoms with Gasteiger partial charge in [-0.15, -0.1) is 0 Å². The normalized spacial score (nSPS) is 46.2. The molecule has 1 aromatic rings. The molecule has 23 heavy (non-hydrogen) atoms. The molecule has 0 saturated heterocycles. The van der Waals surface area contributed by atoms with E-state index in [2.05, 4.69) is 0 Å². The molecule has 4 saturated carbocycles. The third-order valence-electron chi connectivity index (χ3n) is 7.27. The van der Waals surface area contributed by atoms with Crippen molar-refractivity contribution in [1.29, 1.82) is 0 Å². The number of aliphatic hydroxyl groups is 1. The van der Waals surface area contributed by atoms with E-state index < -0.39 is 11.2 Å². The van der Waals surface area contributed by atoms with Gasteiger partial charge in [0.2, 0.25) is 0 Å². The first-order chi connectivity index (χ1) is 11.1. The maximum atomic E-state index is 12.8. The molecule has 0 unspecified atom stereocenters. The second-order valence-corrected chi connectivity index (χ2v) is 8.37. The van der Waals surface area contributed by atoms with Gasteiger partial charge in [0.15, 0.2) is 0 Å². The molecule has 4 bridgehead atoms. The second-order valence-electron chi connectivity index (χ2n) is 7.93. The molecule has 4 atom stereocenters. The molecule has 122 valence electrons. The fourth-order valence-corrected chi connectivity index (χ4v) is 6.77.